The summed E-state index contributed by atoms with van der Waals surface area (Å²) in [6.45, 7) is 3.42. The molecule has 1 aliphatic rings. The first kappa shape index (κ1) is 6.27. The van der Waals surface area contributed by atoms with Gasteiger partial charge in [0.25, 0.3) is 0 Å². The van der Waals surface area contributed by atoms with Gasteiger partial charge < -0.3 is 0 Å². The maximum Gasteiger partial charge on any atom is 0.161 e. The van der Waals surface area contributed by atoms with Crippen molar-refractivity contribution in [3.8, 4) is 0 Å². The first-order chi connectivity index (χ1) is 4.34. The molecular weight excluding hydrogens is 112 g/mol. The van der Waals surface area contributed by atoms with Crippen molar-refractivity contribution >= 4 is 5.78 Å². The van der Waals surface area contributed by atoms with E-state index in [1.807, 2.05) is 12.2 Å². The highest BCUT2D eigenvalue weighted by molar-refractivity contribution is 5.92. The highest BCUT2D eigenvalue weighted by atomic mass is 16.1. The first-order valence-corrected chi connectivity index (χ1v) is 3.17. The first-order valence-electron chi connectivity index (χ1n) is 3.17. The second kappa shape index (κ2) is 2.62. The van der Waals surface area contributed by atoms with Gasteiger partial charge in [-0.3, -0.25) is 4.79 Å². The fourth-order valence-corrected chi connectivity index (χ4v) is 1.02. The lowest BCUT2D eigenvalue weighted by molar-refractivity contribution is -0.116. The Morgan fingerprint density at radius 3 is 3.00 bits per heavy atom. The third-order valence-corrected chi connectivity index (χ3v) is 1.58. The second-order valence-corrected chi connectivity index (χ2v) is 2.22. The van der Waals surface area contributed by atoms with Crippen LogP contribution in [0.3, 0.4) is 0 Å². The zero-order valence-electron chi connectivity index (χ0n) is 5.34. The molecule has 1 nitrogen and oxygen atoms in total. The van der Waals surface area contributed by atoms with Crippen molar-refractivity contribution in [2.24, 2.45) is 5.92 Å². The number of hydrogen-bond donors (Lipinski definition) is 0. The molecule has 0 N–H and O–H groups in total. The molecule has 0 radical (unpaired) electrons. The monoisotopic (exact) mass is 122 g/mol. The van der Waals surface area contributed by atoms with Crippen LogP contribution in [0.25, 0.3) is 0 Å². The second-order valence-electron chi connectivity index (χ2n) is 2.22. The summed E-state index contributed by atoms with van der Waals surface area (Å²) >= 11 is 0. The van der Waals surface area contributed by atoms with Crippen LogP contribution >= 0.6 is 0 Å². The molecule has 1 rings (SSSR count). The lowest BCUT2D eigenvalue weighted by atomic mass is 10.0. The molecule has 48 valence electrons. The Labute approximate surface area is 55.1 Å². The van der Waals surface area contributed by atoms with Crippen LogP contribution < -0.4 is 0 Å². The largest absolute Gasteiger partial charge is 0.294 e. The van der Waals surface area contributed by atoms with Crippen molar-refractivity contribution in [1.82, 2.24) is 0 Å². The third-order valence-electron chi connectivity index (χ3n) is 1.58. The molecule has 0 saturated carbocycles. The van der Waals surface area contributed by atoms with Gasteiger partial charge in [0.15, 0.2) is 5.78 Å². The molecule has 1 unspecified atom stereocenters. The number of hydrogen-bond acceptors (Lipinski definition) is 1. The molecule has 0 saturated heterocycles. The van der Waals surface area contributed by atoms with E-state index in [1.165, 1.54) is 6.08 Å². The number of allylic oxidation sites excluding steroid dienone is 3. The van der Waals surface area contributed by atoms with Gasteiger partial charge >= 0.3 is 0 Å². The summed E-state index contributed by atoms with van der Waals surface area (Å²) in [5.74, 6) is 0.297. The van der Waals surface area contributed by atoms with Crippen LogP contribution in [0, 0.1) is 5.92 Å². The van der Waals surface area contributed by atoms with Gasteiger partial charge in [0, 0.05) is 5.92 Å². The van der Waals surface area contributed by atoms with E-state index in [-0.39, 0.29) is 11.7 Å². The fourth-order valence-electron chi connectivity index (χ4n) is 1.02. The molecule has 1 heteroatoms. The van der Waals surface area contributed by atoms with E-state index in [0.29, 0.717) is 0 Å². The van der Waals surface area contributed by atoms with Crippen molar-refractivity contribution in [3.05, 3.63) is 24.8 Å². The Morgan fingerprint density at radius 2 is 2.56 bits per heavy atom. The maximum atomic E-state index is 10.8. The molecule has 0 aromatic carbocycles. The SMILES string of the molecule is C=CC(=O)C1C=CCC1. The van der Waals surface area contributed by atoms with Crippen LogP contribution in [0.1, 0.15) is 12.8 Å². The van der Waals surface area contributed by atoms with E-state index in [9.17, 15) is 4.79 Å². The zero-order chi connectivity index (χ0) is 6.69. The molecule has 9 heavy (non-hydrogen) atoms. The predicted molar refractivity (Wildman–Crippen MR) is 37.1 cm³/mol. The van der Waals surface area contributed by atoms with Gasteiger partial charge in [0.1, 0.15) is 0 Å². The lowest BCUT2D eigenvalue weighted by Crippen LogP contribution is -2.04. The van der Waals surface area contributed by atoms with E-state index in [1.54, 1.807) is 0 Å². The summed E-state index contributed by atoms with van der Waals surface area (Å²) in [5.41, 5.74) is 0. The van der Waals surface area contributed by atoms with Gasteiger partial charge in [-0.25, -0.2) is 0 Å². The summed E-state index contributed by atoms with van der Waals surface area (Å²) in [6, 6.07) is 0. The van der Waals surface area contributed by atoms with E-state index >= 15 is 0 Å². The van der Waals surface area contributed by atoms with E-state index in [4.69, 9.17) is 0 Å². The Kier molecular flexibility index (Phi) is 1.83. The highest BCUT2D eigenvalue weighted by Crippen LogP contribution is 2.17. The Morgan fingerprint density at radius 1 is 1.78 bits per heavy atom. The van der Waals surface area contributed by atoms with Crippen molar-refractivity contribution in [1.29, 1.82) is 0 Å². The molecule has 0 amide bonds. The summed E-state index contributed by atoms with van der Waals surface area (Å²) in [4.78, 5) is 10.8. The smallest absolute Gasteiger partial charge is 0.161 e. The van der Waals surface area contributed by atoms with Gasteiger partial charge in [0.05, 0.1) is 0 Å². The molecule has 1 atom stereocenters. The minimum Gasteiger partial charge on any atom is -0.294 e. The normalized spacial score (nSPS) is 24.2. The highest BCUT2D eigenvalue weighted by Gasteiger charge is 2.13. The van der Waals surface area contributed by atoms with Crippen LogP contribution in [0.5, 0.6) is 0 Å². The molecular formula is C8H10O. The van der Waals surface area contributed by atoms with Gasteiger partial charge in [0.2, 0.25) is 0 Å². The summed E-state index contributed by atoms with van der Waals surface area (Å²) in [6.07, 6.45) is 7.44. The number of carbonyl (C=O) groups excluding carboxylic acids is 1. The average Bonchev–Trinajstić information content (AvgIpc) is 2.37. The summed E-state index contributed by atoms with van der Waals surface area (Å²) in [7, 11) is 0. The number of ketones is 1. The summed E-state index contributed by atoms with van der Waals surface area (Å²) < 4.78 is 0. The molecule has 0 aromatic heterocycles. The van der Waals surface area contributed by atoms with Crippen molar-refractivity contribution in [2.75, 3.05) is 0 Å². The number of rotatable bonds is 2. The zero-order valence-corrected chi connectivity index (χ0v) is 5.34. The molecule has 0 fully saturated rings. The Bertz CT molecular complexity index is 156. The van der Waals surface area contributed by atoms with Crippen LogP contribution in [-0.4, -0.2) is 5.78 Å². The maximum absolute atomic E-state index is 10.8. The summed E-state index contributed by atoms with van der Waals surface area (Å²) in [5, 5.41) is 0. The lowest BCUT2D eigenvalue weighted by Gasteiger charge is -1.98. The number of carbonyl (C=O) groups is 1. The van der Waals surface area contributed by atoms with Crippen LogP contribution in [-0.2, 0) is 4.79 Å². The molecule has 0 bridgehead atoms. The fraction of sp³-hybridized carbons (Fsp3) is 0.375. The van der Waals surface area contributed by atoms with Crippen LogP contribution in [0.4, 0.5) is 0 Å². The van der Waals surface area contributed by atoms with Crippen molar-refractivity contribution in [3.63, 3.8) is 0 Å². The average molecular weight is 122 g/mol. The minimum absolute atomic E-state index is 0.141. The van der Waals surface area contributed by atoms with E-state index in [2.05, 4.69) is 6.58 Å². The minimum atomic E-state index is 0.141. The van der Waals surface area contributed by atoms with Crippen LogP contribution in [0.15, 0.2) is 24.8 Å². The Hall–Kier alpha value is -0.850. The molecule has 0 aliphatic heterocycles. The van der Waals surface area contributed by atoms with Crippen LogP contribution in [0.2, 0.25) is 0 Å². The van der Waals surface area contributed by atoms with Crippen molar-refractivity contribution < 1.29 is 4.79 Å². The van der Waals surface area contributed by atoms with E-state index < -0.39 is 0 Å². The van der Waals surface area contributed by atoms with Gasteiger partial charge in [-0.1, -0.05) is 18.7 Å². The van der Waals surface area contributed by atoms with Crippen molar-refractivity contribution in [2.45, 2.75) is 12.8 Å². The molecule has 1 aliphatic carbocycles. The molecule has 0 spiro atoms. The molecule has 0 heterocycles. The predicted octanol–water partition coefficient (Wildman–Crippen LogP) is 1.71. The molecule has 0 aromatic rings. The Balaban J connectivity index is 2.52. The van der Waals surface area contributed by atoms with Gasteiger partial charge in [-0.05, 0) is 18.9 Å². The third kappa shape index (κ3) is 1.28. The van der Waals surface area contributed by atoms with Gasteiger partial charge in [-0.2, -0.15) is 0 Å². The quantitative estimate of drug-likeness (QED) is 0.402. The standard InChI is InChI=1S/C8H10O/c1-2-8(9)7-5-3-4-6-7/h2-3,5,7H,1,4,6H2. The van der Waals surface area contributed by atoms with Gasteiger partial charge in [-0.15, -0.1) is 0 Å². The topological polar surface area (TPSA) is 17.1 Å². The van der Waals surface area contributed by atoms with E-state index in [0.717, 1.165) is 12.8 Å².